The van der Waals surface area contributed by atoms with Crippen molar-refractivity contribution in [2.75, 3.05) is 34.3 Å². The number of ether oxygens (including phenoxy) is 1. The fraction of sp³-hybridized carbons (Fsp3) is 0.471. The third-order valence-corrected chi connectivity index (χ3v) is 5.92. The van der Waals surface area contributed by atoms with Crippen molar-refractivity contribution in [1.29, 1.82) is 0 Å². The zero-order valence-corrected chi connectivity index (χ0v) is 16.9. The topological polar surface area (TPSA) is 113 Å². The zero-order valence-electron chi connectivity index (χ0n) is 16.1. The fourth-order valence-corrected chi connectivity index (χ4v) is 3.34. The molecule has 0 aliphatic heterocycles. The molecule has 0 bridgehead atoms. The van der Waals surface area contributed by atoms with Crippen molar-refractivity contribution in [2.45, 2.75) is 24.8 Å². The van der Waals surface area contributed by atoms with E-state index < -0.39 is 28.5 Å². The van der Waals surface area contributed by atoms with Crippen molar-refractivity contribution in [3.8, 4) is 0 Å². The number of rotatable bonds is 8. The van der Waals surface area contributed by atoms with E-state index in [0.29, 0.717) is 0 Å². The number of esters is 1. The van der Waals surface area contributed by atoms with E-state index in [1.54, 1.807) is 13.8 Å². The van der Waals surface area contributed by atoms with Gasteiger partial charge < -0.3 is 15.0 Å². The highest BCUT2D eigenvalue weighted by Crippen LogP contribution is 2.18. The molecule has 0 unspecified atom stereocenters. The van der Waals surface area contributed by atoms with Crippen LogP contribution in [0.5, 0.6) is 0 Å². The smallest absolute Gasteiger partial charge is 0.338 e. The van der Waals surface area contributed by atoms with Gasteiger partial charge in [-0.3, -0.25) is 9.59 Å². The Morgan fingerprint density at radius 3 is 2.37 bits per heavy atom. The quantitative estimate of drug-likeness (QED) is 0.619. The summed E-state index contributed by atoms with van der Waals surface area (Å²) in [5.41, 5.74) is 0.00925. The molecule has 0 radical (unpaired) electrons. The van der Waals surface area contributed by atoms with E-state index in [0.717, 1.165) is 4.90 Å². The Hall–Kier alpha value is -2.46. The Morgan fingerprint density at radius 1 is 1.19 bits per heavy atom. The first kappa shape index (κ1) is 22.6. The van der Waals surface area contributed by atoms with Crippen molar-refractivity contribution in [3.63, 3.8) is 0 Å². The van der Waals surface area contributed by atoms with Crippen LogP contribution in [0.1, 0.15) is 24.2 Å². The molecule has 0 aliphatic rings. The van der Waals surface area contributed by atoms with E-state index in [1.807, 2.05) is 0 Å². The lowest BCUT2D eigenvalue weighted by Crippen LogP contribution is -2.39. The number of amides is 2. The lowest BCUT2D eigenvalue weighted by Gasteiger charge is -2.21. The summed E-state index contributed by atoms with van der Waals surface area (Å²) in [5, 5.41) is 2.38. The van der Waals surface area contributed by atoms with Gasteiger partial charge in [0.2, 0.25) is 15.9 Å². The molecule has 1 aromatic rings. The van der Waals surface area contributed by atoms with Gasteiger partial charge in [0, 0.05) is 27.2 Å². The molecule has 2 amide bonds. The minimum atomic E-state index is -3.75. The first-order valence-electron chi connectivity index (χ1n) is 8.20. The van der Waals surface area contributed by atoms with E-state index in [1.165, 1.54) is 49.7 Å². The second-order valence-corrected chi connectivity index (χ2v) is 8.14. The number of benzene rings is 1. The highest BCUT2D eigenvalue weighted by molar-refractivity contribution is 7.89. The Bertz CT molecular complexity index is 807. The molecule has 0 spiro atoms. The molecule has 150 valence electrons. The van der Waals surface area contributed by atoms with Gasteiger partial charge >= 0.3 is 5.97 Å². The predicted molar refractivity (Wildman–Crippen MR) is 98.5 cm³/mol. The Kier molecular flexibility index (Phi) is 7.92. The number of carbonyl (C=O) groups excluding carboxylic acids is 3. The molecular formula is C17H25N3O6S. The number of likely N-dealkylation sites (N-methyl/N-ethyl adjacent to an activating group) is 2. The minimum Gasteiger partial charge on any atom is -0.452 e. The van der Waals surface area contributed by atoms with Gasteiger partial charge in [-0.2, -0.15) is 4.31 Å². The third kappa shape index (κ3) is 6.04. The van der Waals surface area contributed by atoms with Gasteiger partial charge in [-0.15, -0.1) is 0 Å². The number of hydrogen-bond donors (Lipinski definition) is 1. The third-order valence-electron chi connectivity index (χ3n) is 3.89. The first-order valence-corrected chi connectivity index (χ1v) is 9.64. The maximum absolute atomic E-state index is 12.5. The summed E-state index contributed by atoms with van der Waals surface area (Å²) in [7, 11) is 0.547. The van der Waals surface area contributed by atoms with Crippen LogP contribution in [0.15, 0.2) is 29.2 Å². The molecule has 0 saturated heterocycles. The molecule has 1 rings (SSSR count). The summed E-state index contributed by atoms with van der Waals surface area (Å²) in [4.78, 5) is 36.4. The molecule has 0 fully saturated rings. The van der Waals surface area contributed by atoms with Crippen molar-refractivity contribution >= 4 is 27.8 Å². The summed E-state index contributed by atoms with van der Waals surface area (Å²) in [6.45, 7) is 2.74. The number of hydrogen-bond acceptors (Lipinski definition) is 6. The van der Waals surface area contributed by atoms with Gasteiger partial charge in [0.15, 0.2) is 6.61 Å². The van der Waals surface area contributed by atoms with Crippen LogP contribution in [0.25, 0.3) is 0 Å². The van der Waals surface area contributed by atoms with Gasteiger partial charge in [-0.05, 0) is 32.0 Å². The molecule has 10 heteroatoms. The van der Waals surface area contributed by atoms with Crippen molar-refractivity contribution in [3.05, 3.63) is 29.8 Å². The molecule has 0 heterocycles. The van der Waals surface area contributed by atoms with Crippen LogP contribution < -0.4 is 5.32 Å². The second kappa shape index (κ2) is 9.47. The summed E-state index contributed by atoms with van der Waals surface area (Å²) >= 11 is 0. The van der Waals surface area contributed by atoms with Crippen LogP contribution in [-0.4, -0.2) is 75.7 Å². The number of carbonyl (C=O) groups is 3. The van der Waals surface area contributed by atoms with Crippen LogP contribution in [-0.2, 0) is 24.3 Å². The summed E-state index contributed by atoms with van der Waals surface area (Å²) in [5.74, 6) is -1.75. The molecule has 9 nitrogen and oxygen atoms in total. The second-order valence-electron chi connectivity index (χ2n) is 6.14. The lowest BCUT2D eigenvalue weighted by atomic mass is 10.2. The van der Waals surface area contributed by atoms with Crippen LogP contribution in [0.3, 0.4) is 0 Å². The number of nitrogens with one attached hydrogen (secondary N) is 1. The van der Waals surface area contributed by atoms with Crippen molar-refractivity contribution in [1.82, 2.24) is 14.5 Å². The average Bonchev–Trinajstić information content (AvgIpc) is 2.64. The standard InChI is InChI=1S/C17H25N3O6S/c1-12(2)20(5)27(24,25)14-8-6-7-13(9-14)17(23)26-11-16(22)19(4)10-15(21)18-3/h6-9,12H,10-11H2,1-5H3,(H,18,21). The van der Waals surface area contributed by atoms with Crippen LogP contribution in [0, 0.1) is 0 Å². The Morgan fingerprint density at radius 2 is 1.81 bits per heavy atom. The molecule has 1 aromatic carbocycles. The van der Waals surface area contributed by atoms with Crippen molar-refractivity contribution in [2.24, 2.45) is 0 Å². The van der Waals surface area contributed by atoms with Gasteiger partial charge in [-0.1, -0.05) is 6.07 Å². The Balaban J connectivity index is 2.83. The lowest BCUT2D eigenvalue weighted by molar-refractivity contribution is -0.137. The van der Waals surface area contributed by atoms with Gasteiger partial charge in [0.25, 0.3) is 5.91 Å². The van der Waals surface area contributed by atoms with Gasteiger partial charge in [0.05, 0.1) is 17.0 Å². The molecular weight excluding hydrogens is 374 g/mol. The minimum absolute atomic E-state index is 0.00925. The van der Waals surface area contributed by atoms with E-state index >= 15 is 0 Å². The number of sulfonamides is 1. The highest BCUT2D eigenvalue weighted by Gasteiger charge is 2.24. The molecule has 0 saturated carbocycles. The molecule has 1 N–H and O–H groups in total. The SMILES string of the molecule is CNC(=O)CN(C)C(=O)COC(=O)c1cccc(S(=O)(=O)N(C)C(C)C)c1. The fourth-order valence-electron chi connectivity index (χ4n) is 1.93. The summed E-state index contributed by atoms with van der Waals surface area (Å²) in [6.07, 6.45) is 0. The molecule has 0 aliphatic carbocycles. The van der Waals surface area contributed by atoms with Gasteiger partial charge in [0.1, 0.15) is 0 Å². The highest BCUT2D eigenvalue weighted by atomic mass is 32.2. The van der Waals surface area contributed by atoms with Crippen LogP contribution in [0.2, 0.25) is 0 Å². The summed E-state index contributed by atoms with van der Waals surface area (Å²) < 4.78 is 31.1. The first-order chi connectivity index (χ1) is 12.5. The maximum atomic E-state index is 12.5. The van der Waals surface area contributed by atoms with Crippen LogP contribution in [0.4, 0.5) is 0 Å². The van der Waals surface area contributed by atoms with E-state index in [4.69, 9.17) is 4.74 Å². The summed E-state index contributed by atoms with van der Waals surface area (Å²) in [6, 6.07) is 5.16. The van der Waals surface area contributed by atoms with Crippen molar-refractivity contribution < 1.29 is 27.5 Å². The zero-order chi connectivity index (χ0) is 20.8. The van der Waals surface area contributed by atoms with E-state index in [9.17, 15) is 22.8 Å². The Labute approximate surface area is 159 Å². The van der Waals surface area contributed by atoms with Gasteiger partial charge in [-0.25, -0.2) is 13.2 Å². The van der Waals surface area contributed by atoms with E-state index in [2.05, 4.69) is 5.32 Å². The monoisotopic (exact) mass is 399 g/mol. The molecule has 27 heavy (non-hydrogen) atoms. The number of nitrogens with zero attached hydrogens (tertiary/aromatic N) is 2. The normalized spacial score (nSPS) is 11.4. The largest absolute Gasteiger partial charge is 0.452 e. The predicted octanol–water partition coefficient (Wildman–Crippen LogP) is 0.0767. The van der Waals surface area contributed by atoms with Crippen LogP contribution >= 0.6 is 0 Å². The molecule has 0 atom stereocenters. The maximum Gasteiger partial charge on any atom is 0.338 e. The average molecular weight is 399 g/mol. The molecule has 0 aromatic heterocycles. The van der Waals surface area contributed by atoms with E-state index in [-0.39, 0.29) is 29.0 Å².